The van der Waals surface area contributed by atoms with E-state index in [1.807, 2.05) is 0 Å². The van der Waals surface area contributed by atoms with Crippen molar-refractivity contribution in [2.75, 3.05) is 5.75 Å². The minimum absolute atomic E-state index is 0.0149. The molecule has 0 heterocycles. The third-order valence-electron chi connectivity index (χ3n) is 2.93. The second kappa shape index (κ2) is 7.58. The Hall–Kier alpha value is -0.710. The van der Waals surface area contributed by atoms with Gasteiger partial charge in [-0.05, 0) is 25.7 Å². The molecule has 98 valence electrons. The number of ether oxygens (including phenoxy) is 1. The molecular formula is C12H21NO3S. The van der Waals surface area contributed by atoms with Crippen LogP contribution in [0.5, 0.6) is 0 Å². The first-order valence-electron chi connectivity index (χ1n) is 6.22. The van der Waals surface area contributed by atoms with Gasteiger partial charge in [-0.3, -0.25) is 4.79 Å². The predicted molar refractivity (Wildman–Crippen MR) is 69.0 cm³/mol. The minimum atomic E-state index is -0.626. The fourth-order valence-corrected chi connectivity index (χ4v) is 2.27. The van der Waals surface area contributed by atoms with Crippen LogP contribution in [-0.4, -0.2) is 29.8 Å². The molecule has 1 N–H and O–H groups in total. The summed E-state index contributed by atoms with van der Waals surface area (Å²) in [6.07, 6.45) is 6.55. The molecule has 4 nitrogen and oxygen atoms in total. The van der Waals surface area contributed by atoms with Crippen molar-refractivity contribution in [2.24, 2.45) is 0 Å². The Kier molecular flexibility index (Phi) is 6.40. The summed E-state index contributed by atoms with van der Waals surface area (Å²) in [5, 5.41) is 2.54. The summed E-state index contributed by atoms with van der Waals surface area (Å²) in [6.45, 7) is 1.38. The van der Waals surface area contributed by atoms with Crippen molar-refractivity contribution in [3.63, 3.8) is 0 Å². The summed E-state index contributed by atoms with van der Waals surface area (Å²) in [4.78, 5) is 22.7. The molecule has 17 heavy (non-hydrogen) atoms. The number of rotatable bonds is 4. The van der Waals surface area contributed by atoms with Gasteiger partial charge in [-0.2, -0.15) is 12.6 Å². The zero-order valence-electron chi connectivity index (χ0n) is 10.3. The lowest BCUT2D eigenvalue weighted by molar-refractivity contribution is -0.152. The molecule has 0 bridgehead atoms. The van der Waals surface area contributed by atoms with Crippen molar-refractivity contribution < 1.29 is 14.3 Å². The summed E-state index contributed by atoms with van der Waals surface area (Å²) in [5.74, 6) is -0.325. The standard InChI is InChI=1S/C12H21NO3S/c1-9(14)13-11(8-17)12(15)16-10-6-4-2-3-5-7-10/h10-11,17H,2-8H2,1H3,(H,13,14). The fourth-order valence-electron chi connectivity index (χ4n) is 2.03. The first-order valence-corrected chi connectivity index (χ1v) is 6.85. The van der Waals surface area contributed by atoms with E-state index < -0.39 is 6.04 Å². The smallest absolute Gasteiger partial charge is 0.329 e. The molecule has 0 saturated heterocycles. The molecular weight excluding hydrogens is 238 g/mol. The van der Waals surface area contributed by atoms with E-state index in [4.69, 9.17) is 4.74 Å². The topological polar surface area (TPSA) is 55.4 Å². The normalized spacial score (nSPS) is 19.2. The second-order valence-corrected chi connectivity index (χ2v) is 4.85. The van der Waals surface area contributed by atoms with Crippen LogP contribution in [0.25, 0.3) is 0 Å². The van der Waals surface area contributed by atoms with Gasteiger partial charge in [0.2, 0.25) is 5.91 Å². The van der Waals surface area contributed by atoms with Gasteiger partial charge < -0.3 is 10.1 Å². The van der Waals surface area contributed by atoms with Gasteiger partial charge in [0.15, 0.2) is 0 Å². The van der Waals surface area contributed by atoms with Crippen molar-refractivity contribution >= 4 is 24.5 Å². The van der Waals surface area contributed by atoms with Gasteiger partial charge in [0, 0.05) is 12.7 Å². The van der Waals surface area contributed by atoms with Crippen molar-refractivity contribution in [1.82, 2.24) is 5.32 Å². The van der Waals surface area contributed by atoms with Crippen molar-refractivity contribution in [3.05, 3.63) is 0 Å². The van der Waals surface area contributed by atoms with E-state index in [-0.39, 0.29) is 23.7 Å². The average molecular weight is 259 g/mol. The highest BCUT2D eigenvalue weighted by molar-refractivity contribution is 7.80. The molecule has 1 atom stereocenters. The van der Waals surface area contributed by atoms with E-state index in [9.17, 15) is 9.59 Å². The largest absolute Gasteiger partial charge is 0.461 e. The van der Waals surface area contributed by atoms with Crippen LogP contribution in [0.3, 0.4) is 0 Å². The first kappa shape index (κ1) is 14.4. The van der Waals surface area contributed by atoms with Crippen LogP contribution in [0.15, 0.2) is 0 Å². The Morgan fingerprint density at radius 3 is 2.35 bits per heavy atom. The molecule has 0 aromatic carbocycles. The van der Waals surface area contributed by atoms with E-state index in [0.717, 1.165) is 25.7 Å². The van der Waals surface area contributed by atoms with E-state index in [1.165, 1.54) is 19.8 Å². The van der Waals surface area contributed by atoms with Crippen LogP contribution in [0, 0.1) is 0 Å². The van der Waals surface area contributed by atoms with E-state index in [2.05, 4.69) is 17.9 Å². The number of hydrogen-bond acceptors (Lipinski definition) is 4. The maximum Gasteiger partial charge on any atom is 0.329 e. The Morgan fingerprint density at radius 2 is 1.88 bits per heavy atom. The monoisotopic (exact) mass is 259 g/mol. The number of nitrogens with one attached hydrogen (secondary N) is 1. The highest BCUT2D eigenvalue weighted by Gasteiger charge is 2.23. The SMILES string of the molecule is CC(=O)NC(CS)C(=O)OC1CCCCCC1. The molecule has 5 heteroatoms. The maximum atomic E-state index is 11.8. The summed E-state index contributed by atoms with van der Waals surface area (Å²) in [7, 11) is 0. The minimum Gasteiger partial charge on any atom is -0.461 e. The molecule has 1 unspecified atom stereocenters. The summed E-state index contributed by atoms with van der Waals surface area (Å²) in [5.41, 5.74) is 0. The van der Waals surface area contributed by atoms with Crippen LogP contribution >= 0.6 is 12.6 Å². The third-order valence-corrected chi connectivity index (χ3v) is 3.29. The number of carbonyl (C=O) groups excluding carboxylic acids is 2. The number of thiol groups is 1. The Bertz CT molecular complexity index is 262. The Labute approximate surface area is 108 Å². The molecule has 1 saturated carbocycles. The summed E-state index contributed by atoms with van der Waals surface area (Å²) < 4.78 is 5.42. The van der Waals surface area contributed by atoms with Gasteiger partial charge >= 0.3 is 5.97 Å². The lowest BCUT2D eigenvalue weighted by Gasteiger charge is -2.20. The van der Waals surface area contributed by atoms with Gasteiger partial charge in [0.25, 0.3) is 0 Å². The van der Waals surface area contributed by atoms with Gasteiger partial charge in [0.05, 0.1) is 0 Å². The third kappa shape index (κ3) is 5.44. The van der Waals surface area contributed by atoms with Crippen LogP contribution in [0.4, 0.5) is 0 Å². The second-order valence-electron chi connectivity index (χ2n) is 4.49. The first-order chi connectivity index (χ1) is 8.13. The molecule has 1 rings (SSSR count). The van der Waals surface area contributed by atoms with E-state index in [1.54, 1.807) is 0 Å². The molecule has 1 aliphatic rings. The van der Waals surface area contributed by atoms with Crippen LogP contribution in [-0.2, 0) is 14.3 Å². The number of esters is 1. The Morgan fingerprint density at radius 1 is 1.29 bits per heavy atom. The number of carbonyl (C=O) groups is 2. The molecule has 0 spiro atoms. The summed E-state index contributed by atoms with van der Waals surface area (Å²) >= 11 is 4.05. The molecule has 0 aromatic rings. The quantitative estimate of drug-likeness (QED) is 0.459. The lowest BCUT2D eigenvalue weighted by Crippen LogP contribution is -2.43. The molecule has 0 aromatic heterocycles. The van der Waals surface area contributed by atoms with E-state index >= 15 is 0 Å². The van der Waals surface area contributed by atoms with Crippen molar-refractivity contribution in [2.45, 2.75) is 57.6 Å². The number of amides is 1. The highest BCUT2D eigenvalue weighted by Crippen LogP contribution is 2.20. The van der Waals surface area contributed by atoms with Gasteiger partial charge in [0.1, 0.15) is 12.1 Å². The highest BCUT2D eigenvalue weighted by atomic mass is 32.1. The zero-order valence-corrected chi connectivity index (χ0v) is 11.2. The lowest BCUT2D eigenvalue weighted by atomic mass is 10.1. The van der Waals surface area contributed by atoms with Crippen molar-refractivity contribution in [1.29, 1.82) is 0 Å². The average Bonchev–Trinajstić information content (AvgIpc) is 2.54. The molecule has 1 fully saturated rings. The van der Waals surface area contributed by atoms with E-state index in [0.29, 0.717) is 0 Å². The van der Waals surface area contributed by atoms with Gasteiger partial charge in [-0.15, -0.1) is 0 Å². The predicted octanol–water partition coefficient (Wildman–Crippen LogP) is 1.69. The molecule has 1 amide bonds. The van der Waals surface area contributed by atoms with Crippen LogP contribution in [0.2, 0.25) is 0 Å². The zero-order chi connectivity index (χ0) is 12.7. The van der Waals surface area contributed by atoms with Gasteiger partial charge in [-0.25, -0.2) is 4.79 Å². The molecule has 1 aliphatic carbocycles. The van der Waals surface area contributed by atoms with Crippen LogP contribution in [0.1, 0.15) is 45.4 Å². The molecule has 0 aliphatic heterocycles. The fraction of sp³-hybridized carbons (Fsp3) is 0.833. The van der Waals surface area contributed by atoms with Crippen LogP contribution < -0.4 is 5.32 Å². The molecule has 0 radical (unpaired) electrons. The summed E-state index contributed by atoms with van der Waals surface area (Å²) in [6, 6.07) is -0.626. The maximum absolute atomic E-state index is 11.8. The number of hydrogen-bond donors (Lipinski definition) is 2. The van der Waals surface area contributed by atoms with Gasteiger partial charge in [-0.1, -0.05) is 12.8 Å². The Balaban J connectivity index is 2.41. The van der Waals surface area contributed by atoms with Crippen molar-refractivity contribution in [3.8, 4) is 0 Å².